The van der Waals surface area contributed by atoms with E-state index in [9.17, 15) is 4.79 Å². The highest BCUT2D eigenvalue weighted by Crippen LogP contribution is 2.36. The SMILES string of the molecule is CNC(=O)C1=N[C@H](c2ccccc2)O[C@H]1c1ccc(Oc2ccccc2)cc1. The van der Waals surface area contributed by atoms with E-state index in [4.69, 9.17) is 9.47 Å². The molecule has 0 aromatic heterocycles. The third kappa shape index (κ3) is 3.80. The van der Waals surface area contributed by atoms with Crippen molar-refractivity contribution >= 4 is 11.6 Å². The first kappa shape index (κ1) is 17.9. The zero-order valence-electron chi connectivity index (χ0n) is 15.4. The molecule has 5 nitrogen and oxygen atoms in total. The molecule has 1 amide bonds. The molecule has 0 unspecified atom stereocenters. The molecule has 1 N–H and O–H groups in total. The van der Waals surface area contributed by atoms with Crippen molar-refractivity contribution in [1.29, 1.82) is 0 Å². The topological polar surface area (TPSA) is 59.9 Å². The molecule has 0 saturated heterocycles. The molecule has 28 heavy (non-hydrogen) atoms. The summed E-state index contributed by atoms with van der Waals surface area (Å²) in [5.74, 6) is 1.24. The first-order valence-corrected chi connectivity index (χ1v) is 9.07. The molecular weight excluding hydrogens is 352 g/mol. The lowest BCUT2D eigenvalue weighted by atomic mass is 10.0. The maximum atomic E-state index is 12.3. The van der Waals surface area contributed by atoms with Gasteiger partial charge in [0, 0.05) is 12.6 Å². The summed E-state index contributed by atoms with van der Waals surface area (Å²) in [5.41, 5.74) is 2.13. The van der Waals surface area contributed by atoms with Crippen LogP contribution in [0.2, 0.25) is 0 Å². The summed E-state index contributed by atoms with van der Waals surface area (Å²) in [6, 6.07) is 26.8. The summed E-state index contributed by atoms with van der Waals surface area (Å²) in [4.78, 5) is 16.9. The Bertz CT molecular complexity index is 970. The van der Waals surface area contributed by atoms with Gasteiger partial charge >= 0.3 is 0 Å². The van der Waals surface area contributed by atoms with Gasteiger partial charge in [-0.3, -0.25) is 4.79 Å². The van der Waals surface area contributed by atoms with E-state index in [1.807, 2.05) is 84.9 Å². The molecule has 0 spiro atoms. The van der Waals surface area contributed by atoms with E-state index in [1.54, 1.807) is 7.05 Å². The van der Waals surface area contributed by atoms with Crippen LogP contribution < -0.4 is 10.1 Å². The Hall–Kier alpha value is -3.44. The van der Waals surface area contributed by atoms with Crippen LogP contribution in [0.25, 0.3) is 0 Å². The van der Waals surface area contributed by atoms with Gasteiger partial charge in [0.25, 0.3) is 5.91 Å². The number of benzene rings is 3. The van der Waals surface area contributed by atoms with Gasteiger partial charge in [-0.15, -0.1) is 0 Å². The minimum Gasteiger partial charge on any atom is -0.457 e. The Morgan fingerprint density at radius 1 is 0.857 bits per heavy atom. The molecule has 3 aromatic carbocycles. The molecule has 0 fully saturated rings. The van der Waals surface area contributed by atoms with Crippen molar-refractivity contribution in [2.75, 3.05) is 7.05 Å². The lowest BCUT2D eigenvalue weighted by Gasteiger charge is -2.15. The van der Waals surface area contributed by atoms with Crippen LogP contribution in [0.15, 0.2) is 89.9 Å². The number of para-hydroxylation sites is 1. The van der Waals surface area contributed by atoms with E-state index in [2.05, 4.69) is 10.3 Å². The van der Waals surface area contributed by atoms with Crippen molar-refractivity contribution in [3.05, 3.63) is 96.1 Å². The van der Waals surface area contributed by atoms with Crippen molar-refractivity contribution in [2.45, 2.75) is 12.3 Å². The molecule has 0 bridgehead atoms. The predicted molar refractivity (Wildman–Crippen MR) is 107 cm³/mol. The van der Waals surface area contributed by atoms with Gasteiger partial charge in [0.1, 0.15) is 23.3 Å². The number of aliphatic imine (C=N–C) groups is 1. The molecule has 1 aliphatic heterocycles. The van der Waals surface area contributed by atoms with Crippen molar-refractivity contribution in [2.24, 2.45) is 4.99 Å². The van der Waals surface area contributed by atoms with Gasteiger partial charge in [0.05, 0.1) is 0 Å². The van der Waals surface area contributed by atoms with E-state index in [0.717, 1.165) is 16.9 Å². The highest BCUT2D eigenvalue weighted by molar-refractivity contribution is 6.40. The van der Waals surface area contributed by atoms with Gasteiger partial charge in [-0.05, 0) is 29.8 Å². The van der Waals surface area contributed by atoms with Crippen LogP contribution in [0.4, 0.5) is 0 Å². The second-order valence-corrected chi connectivity index (χ2v) is 6.36. The smallest absolute Gasteiger partial charge is 0.268 e. The average molecular weight is 372 g/mol. The summed E-state index contributed by atoms with van der Waals surface area (Å²) in [6.45, 7) is 0. The molecule has 0 saturated carbocycles. The molecular formula is C23H20N2O3. The fraction of sp³-hybridized carbons (Fsp3) is 0.130. The van der Waals surface area contributed by atoms with Crippen molar-refractivity contribution < 1.29 is 14.3 Å². The molecule has 140 valence electrons. The standard InChI is InChI=1S/C23H20N2O3/c1-24-22(26)20-21(28-23(25-20)17-8-4-2-5-9-17)16-12-14-19(15-13-16)27-18-10-6-3-7-11-18/h2-15,21,23H,1H3,(H,24,26)/t21-,23-/m0/s1. The van der Waals surface area contributed by atoms with Crippen LogP contribution in [0.5, 0.6) is 11.5 Å². The van der Waals surface area contributed by atoms with E-state index in [1.165, 1.54) is 0 Å². The summed E-state index contributed by atoms with van der Waals surface area (Å²) in [6.07, 6.45) is -1.03. The molecule has 4 rings (SSSR count). The number of carbonyl (C=O) groups excluding carboxylic acids is 1. The third-order valence-corrected chi connectivity index (χ3v) is 4.48. The monoisotopic (exact) mass is 372 g/mol. The molecule has 1 heterocycles. The normalized spacial score (nSPS) is 18.4. The fourth-order valence-corrected chi connectivity index (χ4v) is 3.07. The van der Waals surface area contributed by atoms with E-state index >= 15 is 0 Å². The summed E-state index contributed by atoms with van der Waals surface area (Å²) >= 11 is 0. The number of hydrogen-bond donors (Lipinski definition) is 1. The van der Waals surface area contributed by atoms with Crippen LogP contribution in [0, 0.1) is 0 Å². The van der Waals surface area contributed by atoms with Gasteiger partial charge in [-0.1, -0.05) is 60.7 Å². The number of carbonyl (C=O) groups is 1. The molecule has 5 heteroatoms. The van der Waals surface area contributed by atoms with Crippen LogP contribution >= 0.6 is 0 Å². The largest absolute Gasteiger partial charge is 0.457 e. The van der Waals surface area contributed by atoms with Gasteiger partial charge in [-0.25, -0.2) is 4.99 Å². The van der Waals surface area contributed by atoms with Gasteiger partial charge in [-0.2, -0.15) is 0 Å². The predicted octanol–water partition coefficient (Wildman–Crippen LogP) is 4.44. The lowest BCUT2D eigenvalue weighted by Crippen LogP contribution is -2.30. The van der Waals surface area contributed by atoms with Gasteiger partial charge < -0.3 is 14.8 Å². The quantitative estimate of drug-likeness (QED) is 0.720. The third-order valence-electron chi connectivity index (χ3n) is 4.48. The summed E-state index contributed by atoms with van der Waals surface area (Å²) < 4.78 is 12.0. The van der Waals surface area contributed by atoms with Crippen LogP contribution in [0.1, 0.15) is 23.5 Å². The summed E-state index contributed by atoms with van der Waals surface area (Å²) in [7, 11) is 1.59. The summed E-state index contributed by atoms with van der Waals surface area (Å²) in [5, 5.41) is 2.65. The zero-order valence-corrected chi connectivity index (χ0v) is 15.4. The Morgan fingerprint density at radius 2 is 1.46 bits per heavy atom. The van der Waals surface area contributed by atoms with Crippen LogP contribution in [-0.4, -0.2) is 18.7 Å². The zero-order chi connectivity index (χ0) is 19.3. The van der Waals surface area contributed by atoms with E-state index in [0.29, 0.717) is 11.5 Å². The highest BCUT2D eigenvalue weighted by Gasteiger charge is 2.34. The maximum absolute atomic E-state index is 12.3. The minimum absolute atomic E-state index is 0.243. The Labute approximate surface area is 163 Å². The Kier molecular flexibility index (Phi) is 5.17. The maximum Gasteiger partial charge on any atom is 0.268 e. The number of rotatable bonds is 5. The molecule has 1 aliphatic rings. The first-order chi connectivity index (χ1) is 13.7. The average Bonchev–Trinajstić information content (AvgIpc) is 3.21. The van der Waals surface area contributed by atoms with Crippen LogP contribution in [-0.2, 0) is 9.53 Å². The molecule has 2 atom stereocenters. The molecule has 0 radical (unpaired) electrons. The number of ether oxygens (including phenoxy) is 2. The minimum atomic E-state index is -0.532. The Balaban J connectivity index is 1.57. The first-order valence-electron chi connectivity index (χ1n) is 9.07. The molecule has 0 aliphatic carbocycles. The molecule has 3 aromatic rings. The lowest BCUT2D eigenvalue weighted by molar-refractivity contribution is -0.114. The van der Waals surface area contributed by atoms with Gasteiger partial charge in [0.2, 0.25) is 0 Å². The van der Waals surface area contributed by atoms with E-state index < -0.39 is 12.3 Å². The van der Waals surface area contributed by atoms with Crippen LogP contribution in [0.3, 0.4) is 0 Å². The number of nitrogens with zero attached hydrogens (tertiary/aromatic N) is 1. The number of nitrogens with one attached hydrogen (secondary N) is 1. The number of amides is 1. The Morgan fingerprint density at radius 3 is 2.11 bits per heavy atom. The second-order valence-electron chi connectivity index (χ2n) is 6.36. The second kappa shape index (κ2) is 8.06. The van der Waals surface area contributed by atoms with Crippen molar-refractivity contribution in [3.63, 3.8) is 0 Å². The van der Waals surface area contributed by atoms with Crippen molar-refractivity contribution in [1.82, 2.24) is 5.32 Å². The number of hydrogen-bond acceptors (Lipinski definition) is 4. The van der Waals surface area contributed by atoms with Crippen molar-refractivity contribution in [3.8, 4) is 11.5 Å². The highest BCUT2D eigenvalue weighted by atomic mass is 16.5. The fourth-order valence-electron chi connectivity index (χ4n) is 3.07. The van der Waals surface area contributed by atoms with Gasteiger partial charge in [0.15, 0.2) is 6.23 Å². The van der Waals surface area contributed by atoms with E-state index in [-0.39, 0.29) is 5.91 Å².